The van der Waals surface area contributed by atoms with Crippen molar-refractivity contribution in [3.63, 3.8) is 0 Å². The Hall–Kier alpha value is -2.64. The summed E-state index contributed by atoms with van der Waals surface area (Å²) >= 11 is 0. The molecule has 1 heterocycles. The minimum Gasteiger partial charge on any atom is -0.444 e. The van der Waals surface area contributed by atoms with Crippen LogP contribution in [0, 0.1) is 0 Å². The number of amides is 1. The number of carbonyl (C=O) groups excluding carboxylic acids is 1. The molecule has 204 valence electrons. The van der Waals surface area contributed by atoms with Crippen LogP contribution in [0.4, 0.5) is 18.0 Å². The second-order valence-electron chi connectivity index (χ2n) is 9.63. The van der Waals surface area contributed by atoms with Crippen LogP contribution in [0.15, 0.2) is 63.2 Å². The molecule has 0 aliphatic carbocycles. The van der Waals surface area contributed by atoms with Gasteiger partial charge in [-0.25, -0.2) is 26.4 Å². The summed E-state index contributed by atoms with van der Waals surface area (Å²) in [7, 11) is -9.03. The fourth-order valence-corrected chi connectivity index (χ4v) is 6.68. The van der Waals surface area contributed by atoms with Gasteiger partial charge in [-0.05, 0) is 70.4 Å². The van der Waals surface area contributed by atoms with Crippen LogP contribution in [0.2, 0.25) is 0 Å². The number of alkyl halides is 3. The summed E-state index contributed by atoms with van der Waals surface area (Å²) in [5, 5.41) is 0. The van der Waals surface area contributed by atoms with Crippen molar-refractivity contribution >= 4 is 26.0 Å². The number of benzene rings is 2. The van der Waals surface area contributed by atoms with Crippen LogP contribution in [-0.4, -0.2) is 52.6 Å². The van der Waals surface area contributed by atoms with Crippen LogP contribution in [0.5, 0.6) is 0 Å². The van der Waals surface area contributed by atoms with Crippen molar-refractivity contribution in [1.29, 1.82) is 0 Å². The predicted molar refractivity (Wildman–Crippen MR) is 129 cm³/mol. The second-order valence-corrected chi connectivity index (χ2v) is 13.3. The maximum atomic E-state index is 13.7. The van der Waals surface area contributed by atoms with E-state index in [1.54, 1.807) is 26.8 Å². The number of rotatable bonds is 7. The molecule has 13 heteroatoms. The lowest BCUT2D eigenvalue weighted by molar-refractivity contribution is -0.139. The number of ether oxygens (including phenoxy) is 1. The Kier molecular flexibility index (Phi) is 8.30. The van der Waals surface area contributed by atoms with E-state index in [0.717, 1.165) is 6.07 Å². The third-order valence-corrected chi connectivity index (χ3v) is 8.95. The third-order valence-electron chi connectivity index (χ3n) is 5.69. The van der Waals surface area contributed by atoms with Gasteiger partial charge < -0.3 is 9.64 Å². The van der Waals surface area contributed by atoms with Crippen LogP contribution in [-0.2, 0) is 30.8 Å². The molecule has 0 bridgehead atoms. The molecule has 0 spiro atoms. The summed E-state index contributed by atoms with van der Waals surface area (Å²) < 4.78 is 100. The van der Waals surface area contributed by atoms with Crippen LogP contribution < -0.4 is 4.72 Å². The number of nitrogens with one attached hydrogen (secondary N) is 1. The van der Waals surface area contributed by atoms with Gasteiger partial charge in [0, 0.05) is 19.1 Å². The van der Waals surface area contributed by atoms with E-state index in [1.807, 2.05) is 0 Å². The van der Waals surface area contributed by atoms with E-state index in [4.69, 9.17) is 4.74 Å². The predicted octanol–water partition coefficient (Wildman–Crippen LogP) is 4.61. The summed E-state index contributed by atoms with van der Waals surface area (Å²) in [6, 6.07) is 8.33. The highest BCUT2D eigenvalue weighted by Crippen LogP contribution is 2.36. The van der Waals surface area contributed by atoms with Crippen LogP contribution in [0.1, 0.15) is 45.6 Å². The van der Waals surface area contributed by atoms with Gasteiger partial charge in [0.2, 0.25) is 19.9 Å². The van der Waals surface area contributed by atoms with E-state index in [1.165, 1.54) is 29.2 Å². The van der Waals surface area contributed by atoms with Crippen LogP contribution in [0.25, 0.3) is 0 Å². The number of likely N-dealkylation sites (tertiary alicyclic amines) is 1. The highest BCUT2D eigenvalue weighted by molar-refractivity contribution is 7.91. The smallest absolute Gasteiger partial charge is 0.417 e. The zero-order chi connectivity index (χ0) is 27.6. The fraction of sp³-hybridized carbons (Fsp3) is 0.458. The minimum atomic E-state index is -5.04. The molecule has 1 fully saturated rings. The van der Waals surface area contributed by atoms with Gasteiger partial charge in [-0.15, -0.1) is 0 Å². The molecule has 1 atom stereocenters. The first-order valence-electron chi connectivity index (χ1n) is 11.5. The lowest BCUT2D eigenvalue weighted by Crippen LogP contribution is -2.41. The molecule has 1 unspecified atom stereocenters. The topological polar surface area (TPSA) is 110 Å². The maximum Gasteiger partial charge on any atom is 0.417 e. The molecule has 1 saturated heterocycles. The number of hydrogen-bond donors (Lipinski definition) is 1. The number of sulfonamides is 1. The number of carbonyl (C=O) groups is 1. The highest BCUT2D eigenvalue weighted by atomic mass is 32.2. The van der Waals surface area contributed by atoms with Gasteiger partial charge in [-0.1, -0.05) is 18.2 Å². The Morgan fingerprint density at radius 1 is 1.03 bits per heavy atom. The Balaban J connectivity index is 1.84. The van der Waals surface area contributed by atoms with E-state index in [2.05, 4.69) is 4.72 Å². The van der Waals surface area contributed by atoms with Gasteiger partial charge in [0.1, 0.15) is 5.60 Å². The summed E-state index contributed by atoms with van der Waals surface area (Å²) in [5.41, 5.74) is -2.20. The number of nitrogens with zero attached hydrogens (tertiary/aromatic N) is 1. The first-order valence-corrected chi connectivity index (χ1v) is 14.5. The SMILES string of the molecule is CC(C)(C)OC(=O)N1CCCC1CCNS(=O)(=O)c1cc(S(=O)(=O)c2ccccc2)ccc1C(F)(F)F. The molecular formula is C24H29F3N2O6S2. The van der Waals surface area contributed by atoms with Gasteiger partial charge in [-0.2, -0.15) is 13.2 Å². The van der Waals surface area contributed by atoms with Crippen molar-refractivity contribution < 1.29 is 39.5 Å². The van der Waals surface area contributed by atoms with Crippen molar-refractivity contribution in [3.8, 4) is 0 Å². The minimum absolute atomic E-state index is 0.141. The van der Waals surface area contributed by atoms with Gasteiger partial charge in [0.15, 0.2) is 0 Å². The van der Waals surface area contributed by atoms with E-state index >= 15 is 0 Å². The number of hydrogen-bond acceptors (Lipinski definition) is 6. The molecule has 1 N–H and O–H groups in total. The van der Waals surface area contributed by atoms with Crippen molar-refractivity contribution in [3.05, 3.63) is 54.1 Å². The zero-order valence-corrected chi connectivity index (χ0v) is 22.2. The highest BCUT2D eigenvalue weighted by Gasteiger charge is 2.39. The molecule has 2 aromatic rings. The van der Waals surface area contributed by atoms with E-state index in [-0.39, 0.29) is 23.9 Å². The molecule has 2 aromatic carbocycles. The fourth-order valence-electron chi connectivity index (χ4n) is 4.00. The van der Waals surface area contributed by atoms with Gasteiger partial charge >= 0.3 is 12.3 Å². The van der Waals surface area contributed by atoms with Crippen molar-refractivity contribution in [1.82, 2.24) is 9.62 Å². The summed E-state index contributed by atoms with van der Waals surface area (Å²) in [5.74, 6) is 0. The molecule has 3 rings (SSSR count). The zero-order valence-electron chi connectivity index (χ0n) is 20.6. The standard InChI is InChI=1S/C24H29F3N2O6S2/c1-23(2,3)35-22(30)29-15-7-8-17(29)13-14-28-37(33,34)21-16-19(11-12-20(21)24(25,26)27)36(31,32)18-9-5-4-6-10-18/h4-6,9-12,16-17,28H,7-8,13-15H2,1-3H3. The molecular weight excluding hydrogens is 533 g/mol. The van der Waals surface area contributed by atoms with Crippen LogP contribution >= 0.6 is 0 Å². The maximum absolute atomic E-state index is 13.7. The van der Waals surface area contributed by atoms with E-state index in [0.29, 0.717) is 31.5 Å². The van der Waals surface area contributed by atoms with E-state index < -0.39 is 53.1 Å². The monoisotopic (exact) mass is 562 g/mol. The molecule has 1 aliphatic heterocycles. The van der Waals surface area contributed by atoms with Crippen molar-refractivity contribution in [2.75, 3.05) is 13.1 Å². The average molecular weight is 563 g/mol. The molecule has 1 amide bonds. The lowest BCUT2D eigenvalue weighted by atomic mass is 10.1. The largest absolute Gasteiger partial charge is 0.444 e. The molecule has 0 aromatic heterocycles. The Bertz CT molecular complexity index is 1340. The molecule has 1 aliphatic rings. The summed E-state index contributed by atoms with van der Waals surface area (Å²) in [6.45, 7) is 5.31. The molecule has 37 heavy (non-hydrogen) atoms. The molecule has 0 radical (unpaired) electrons. The third kappa shape index (κ3) is 7.02. The number of sulfone groups is 1. The Morgan fingerprint density at radius 2 is 1.68 bits per heavy atom. The quantitative estimate of drug-likeness (QED) is 0.528. The van der Waals surface area contributed by atoms with Gasteiger partial charge in [0.25, 0.3) is 0 Å². The van der Waals surface area contributed by atoms with Crippen molar-refractivity contribution in [2.45, 2.75) is 72.5 Å². The Morgan fingerprint density at radius 3 is 2.27 bits per heavy atom. The molecule has 8 nitrogen and oxygen atoms in total. The number of halogens is 3. The summed E-state index contributed by atoms with van der Waals surface area (Å²) in [4.78, 5) is 12.0. The van der Waals surface area contributed by atoms with Gasteiger partial charge in [-0.3, -0.25) is 0 Å². The second kappa shape index (κ2) is 10.6. The molecule has 0 saturated carbocycles. The summed E-state index contributed by atoms with van der Waals surface area (Å²) in [6.07, 6.45) is -4.19. The lowest BCUT2D eigenvalue weighted by Gasteiger charge is -2.28. The average Bonchev–Trinajstić information content (AvgIpc) is 3.26. The van der Waals surface area contributed by atoms with Crippen LogP contribution in [0.3, 0.4) is 0 Å². The van der Waals surface area contributed by atoms with Gasteiger partial charge in [0.05, 0.1) is 20.2 Å². The van der Waals surface area contributed by atoms with Crippen molar-refractivity contribution in [2.24, 2.45) is 0 Å². The first kappa shape index (κ1) is 28.9. The Labute approximate surface area is 214 Å². The van der Waals surface area contributed by atoms with E-state index in [9.17, 15) is 34.8 Å². The normalized spacial score (nSPS) is 17.1. The first-order chi connectivity index (χ1) is 17.0.